The lowest BCUT2D eigenvalue weighted by Crippen LogP contribution is -2.33. The molecule has 3 aromatic rings. The minimum absolute atomic E-state index is 0.410. The highest BCUT2D eigenvalue weighted by atomic mass is 16.6. The fourth-order valence-electron chi connectivity index (χ4n) is 3.04. The molecule has 3 aromatic carbocycles. The molecule has 4 rings (SSSR count). The predicted molar refractivity (Wildman–Crippen MR) is 110 cm³/mol. The first-order valence-corrected chi connectivity index (χ1v) is 8.87. The first-order chi connectivity index (χ1) is 13.8. The summed E-state index contributed by atoms with van der Waals surface area (Å²) in [6, 6.07) is 25.3. The zero-order valence-electron chi connectivity index (χ0n) is 15.4. The fraction of sp³-hybridized carbons (Fsp3) is 0.0909. The van der Waals surface area contributed by atoms with Crippen molar-refractivity contribution in [2.45, 2.75) is 6.17 Å². The van der Waals surface area contributed by atoms with Crippen molar-refractivity contribution in [1.82, 2.24) is 5.32 Å². The van der Waals surface area contributed by atoms with Gasteiger partial charge in [-0.2, -0.15) is 5.90 Å². The molecule has 0 saturated carbocycles. The van der Waals surface area contributed by atoms with E-state index in [1.807, 2.05) is 72.8 Å². The van der Waals surface area contributed by atoms with Crippen molar-refractivity contribution in [3.63, 3.8) is 0 Å². The van der Waals surface area contributed by atoms with Crippen LogP contribution in [0.3, 0.4) is 0 Å². The number of aliphatic imine (C=N–C) groups is 2. The Morgan fingerprint density at radius 3 is 2.21 bits per heavy atom. The van der Waals surface area contributed by atoms with Crippen LogP contribution in [0.25, 0.3) is 0 Å². The number of ether oxygens (including phenoxy) is 1. The largest absolute Gasteiger partial charge is 0.497 e. The molecule has 0 amide bonds. The van der Waals surface area contributed by atoms with Crippen LogP contribution in [0, 0.1) is 0 Å². The summed E-state index contributed by atoms with van der Waals surface area (Å²) in [6.45, 7) is 0. The van der Waals surface area contributed by atoms with Gasteiger partial charge in [0.1, 0.15) is 11.6 Å². The molecular weight excluding hydrogens is 352 g/mol. The Morgan fingerprint density at radius 1 is 0.893 bits per heavy atom. The second-order valence-electron chi connectivity index (χ2n) is 6.21. The minimum Gasteiger partial charge on any atom is -0.497 e. The van der Waals surface area contributed by atoms with Gasteiger partial charge in [0.2, 0.25) is 0 Å². The van der Waals surface area contributed by atoms with Crippen LogP contribution < -0.4 is 20.8 Å². The quantitative estimate of drug-likeness (QED) is 0.672. The van der Waals surface area contributed by atoms with E-state index in [9.17, 15) is 0 Å². The van der Waals surface area contributed by atoms with E-state index in [-0.39, 0.29) is 0 Å². The molecule has 1 unspecified atom stereocenters. The van der Waals surface area contributed by atoms with Crippen molar-refractivity contribution >= 4 is 11.7 Å². The maximum atomic E-state index is 5.51. The molecule has 6 heteroatoms. The number of amidine groups is 2. The molecule has 140 valence electrons. The lowest BCUT2D eigenvalue weighted by molar-refractivity contribution is 0.323. The van der Waals surface area contributed by atoms with E-state index in [0.717, 1.165) is 22.5 Å². The van der Waals surface area contributed by atoms with Crippen LogP contribution in [0.1, 0.15) is 22.9 Å². The summed E-state index contributed by atoms with van der Waals surface area (Å²) in [5, 5.41) is 3.38. The molecule has 0 radical (unpaired) electrons. The smallest absolute Gasteiger partial charge is 0.159 e. The number of nitrogens with zero attached hydrogens (tertiary/aromatic N) is 2. The number of hydrogen-bond acceptors (Lipinski definition) is 6. The van der Waals surface area contributed by atoms with Crippen LogP contribution in [-0.4, -0.2) is 18.8 Å². The third-order valence-electron chi connectivity index (χ3n) is 4.46. The van der Waals surface area contributed by atoms with Crippen molar-refractivity contribution in [3.8, 4) is 11.5 Å². The third kappa shape index (κ3) is 3.58. The van der Waals surface area contributed by atoms with Gasteiger partial charge < -0.3 is 14.9 Å². The highest BCUT2D eigenvalue weighted by molar-refractivity contribution is 6.13. The second-order valence-corrected chi connectivity index (χ2v) is 6.21. The van der Waals surface area contributed by atoms with Crippen molar-refractivity contribution in [1.29, 1.82) is 0 Å². The summed E-state index contributed by atoms with van der Waals surface area (Å²) in [7, 11) is 1.60. The number of benzene rings is 3. The summed E-state index contributed by atoms with van der Waals surface area (Å²) in [4.78, 5) is 14.6. The van der Waals surface area contributed by atoms with Crippen LogP contribution in [0.2, 0.25) is 0 Å². The highest BCUT2D eigenvalue weighted by Gasteiger charge is 2.23. The maximum absolute atomic E-state index is 5.51. The Bertz CT molecular complexity index is 1020. The van der Waals surface area contributed by atoms with Crippen molar-refractivity contribution in [3.05, 3.63) is 95.6 Å². The van der Waals surface area contributed by atoms with Gasteiger partial charge in [-0.25, -0.2) is 9.98 Å². The van der Waals surface area contributed by atoms with E-state index in [4.69, 9.17) is 25.5 Å². The van der Waals surface area contributed by atoms with Crippen LogP contribution in [0.15, 0.2) is 88.8 Å². The summed E-state index contributed by atoms with van der Waals surface area (Å²) >= 11 is 0. The van der Waals surface area contributed by atoms with E-state index in [2.05, 4.69) is 5.32 Å². The summed E-state index contributed by atoms with van der Waals surface area (Å²) < 4.78 is 5.26. The van der Waals surface area contributed by atoms with Gasteiger partial charge in [0, 0.05) is 22.8 Å². The average Bonchev–Trinajstić information content (AvgIpc) is 2.79. The van der Waals surface area contributed by atoms with Gasteiger partial charge in [-0.1, -0.05) is 60.7 Å². The van der Waals surface area contributed by atoms with Gasteiger partial charge in [0.25, 0.3) is 0 Å². The Labute approximate surface area is 163 Å². The lowest BCUT2D eigenvalue weighted by atomic mass is 10.1. The van der Waals surface area contributed by atoms with E-state index in [0.29, 0.717) is 17.3 Å². The zero-order chi connectivity index (χ0) is 19.3. The van der Waals surface area contributed by atoms with Crippen LogP contribution in [0.4, 0.5) is 0 Å². The molecule has 1 atom stereocenters. The Hall–Kier alpha value is -3.64. The topological polar surface area (TPSA) is 81.2 Å². The van der Waals surface area contributed by atoms with Gasteiger partial charge in [-0.3, -0.25) is 0 Å². The average molecular weight is 372 g/mol. The van der Waals surface area contributed by atoms with E-state index >= 15 is 0 Å². The molecule has 1 heterocycles. The predicted octanol–water partition coefficient (Wildman–Crippen LogP) is 3.44. The van der Waals surface area contributed by atoms with Gasteiger partial charge in [-0.15, -0.1) is 0 Å². The Kier molecular flexibility index (Phi) is 5.03. The molecule has 0 fully saturated rings. The molecular formula is C22H20N4O2. The van der Waals surface area contributed by atoms with Gasteiger partial charge in [0.15, 0.2) is 17.8 Å². The number of nitrogens with two attached hydrogens (primary N) is 1. The van der Waals surface area contributed by atoms with Crippen LogP contribution in [-0.2, 0) is 0 Å². The molecule has 28 heavy (non-hydrogen) atoms. The monoisotopic (exact) mass is 372 g/mol. The summed E-state index contributed by atoms with van der Waals surface area (Å²) in [5.41, 5.74) is 2.70. The minimum atomic E-state index is -0.410. The first-order valence-electron chi connectivity index (χ1n) is 8.87. The first kappa shape index (κ1) is 17.8. The molecule has 0 aromatic heterocycles. The summed E-state index contributed by atoms with van der Waals surface area (Å²) in [5.74, 6) is 8.03. The van der Waals surface area contributed by atoms with Gasteiger partial charge in [-0.05, 0) is 12.1 Å². The maximum Gasteiger partial charge on any atom is 0.159 e. The third-order valence-corrected chi connectivity index (χ3v) is 4.46. The van der Waals surface area contributed by atoms with Crippen molar-refractivity contribution in [2.24, 2.45) is 15.9 Å². The highest BCUT2D eigenvalue weighted by Crippen LogP contribution is 2.31. The molecule has 0 spiro atoms. The number of rotatable bonds is 5. The van der Waals surface area contributed by atoms with E-state index in [1.165, 1.54) is 0 Å². The van der Waals surface area contributed by atoms with Crippen molar-refractivity contribution in [2.75, 3.05) is 7.11 Å². The molecule has 1 aliphatic rings. The van der Waals surface area contributed by atoms with Crippen LogP contribution >= 0.6 is 0 Å². The van der Waals surface area contributed by atoms with E-state index in [1.54, 1.807) is 13.2 Å². The molecule has 0 aliphatic carbocycles. The van der Waals surface area contributed by atoms with Gasteiger partial charge >= 0.3 is 0 Å². The Balaban J connectivity index is 1.80. The second kappa shape index (κ2) is 7.94. The summed E-state index contributed by atoms with van der Waals surface area (Å²) in [6.07, 6.45) is -0.410. The lowest BCUT2D eigenvalue weighted by Gasteiger charge is -2.24. The number of methoxy groups -OCH3 is 1. The van der Waals surface area contributed by atoms with Gasteiger partial charge in [0.05, 0.1) is 7.11 Å². The molecule has 0 bridgehead atoms. The molecule has 3 N–H and O–H groups in total. The van der Waals surface area contributed by atoms with Crippen molar-refractivity contribution < 1.29 is 9.57 Å². The van der Waals surface area contributed by atoms with E-state index < -0.39 is 6.17 Å². The number of nitrogens with one attached hydrogen (secondary N) is 1. The fourth-order valence-corrected chi connectivity index (χ4v) is 3.04. The molecule has 0 saturated heterocycles. The van der Waals surface area contributed by atoms with Crippen LogP contribution in [0.5, 0.6) is 11.5 Å². The molecule has 6 nitrogen and oxygen atoms in total. The SMILES string of the molecule is COc1ccc(C2N=C(c3ccccc3)N=C(c3ccccc3)N2)c(ON)c1. The standard InChI is InChI=1S/C22H20N4O2/c1-27-17-12-13-18(19(14-17)28-23)22-25-20(15-8-4-2-5-9-15)24-21(26-22)16-10-6-3-7-11-16/h2-14,22H,23H2,1H3,(H,24,25,26). The molecule has 1 aliphatic heterocycles. The normalized spacial score (nSPS) is 15.9. The Morgan fingerprint density at radius 2 is 1.57 bits per heavy atom. The zero-order valence-corrected chi connectivity index (χ0v) is 15.4. The number of hydrogen-bond donors (Lipinski definition) is 2.